The Balaban J connectivity index is 2.13. The van der Waals surface area contributed by atoms with Crippen LogP contribution in [0.1, 0.15) is 51.5 Å². The summed E-state index contributed by atoms with van der Waals surface area (Å²) in [5, 5.41) is 3.49. The average molecular weight is 275 g/mol. The van der Waals surface area contributed by atoms with Crippen LogP contribution in [-0.2, 0) is 6.54 Å². The van der Waals surface area contributed by atoms with E-state index < -0.39 is 0 Å². The highest BCUT2D eigenvalue weighted by atomic mass is 16.5. The molecule has 0 amide bonds. The lowest BCUT2D eigenvalue weighted by atomic mass is 10.1. The van der Waals surface area contributed by atoms with Crippen LogP contribution in [0.2, 0.25) is 0 Å². The molecule has 1 N–H and O–H groups in total. The van der Waals surface area contributed by atoms with Gasteiger partial charge in [-0.2, -0.15) is 0 Å². The highest BCUT2D eigenvalue weighted by molar-refractivity contribution is 5.27. The molecule has 0 heterocycles. The fourth-order valence-electron chi connectivity index (χ4n) is 2.00. The molecule has 112 valence electrons. The Labute approximate surface area is 124 Å². The van der Waals surface area contributed by atoms with E-state index in [0.29, 0.717) is 6.61 Å². The highest BCUT2D eigenvalue weighted by Gasteiger charge is 1.96. The smallest absolute Gasteiger partial charge is 0.119 e. The Morgan fingerprint density at radius 3 is 2.45 bits per heavy atom. The first-order chi connectivity index (χ1) is 9.72. The van der Waals surface area contributed by atoms with Crippen LogP contribution in [0.4, 0.5) is 0 Å². The molecule has 2 nitrogen and oxygen atoms in total. The molecule has 0 saturated heterocycles. The summed E-state index contributed by atoms with van der Waals surface area (Å²) in [7, 11) is 0. The molecule has 1 aromatic carbocycles. The summed E-state index contributed by atoms with van der Waals surface area (Å²) >= 11 is 0. The third-order valence-corrected chi connectivity index (χ3v) is 3.19. The molecule has 0 unspecified atom stereocenters. The van der Waals surface area contributed by atoms with E-state index in [2.05, 4.69) is 31.0 Å². The minimum atomic E-state index is 0.593. The predicted molar refractivity (Wildman–Crippen MR) is 87.2 cm³/mol. The molecular formula is C18H29NO. The van der Waals surface area contributed by atoms with Crippen molar-refractivity contribution in [2.75, 3.05) is 13.2 Å². The lowest BCUT2D eigenvalue weighted by Crippen LogP contribution is -2.14. The van der Waals surface area contributed by atoms with Gasteiger partial charge in [-0.1, -0.05) is 51.3 Å². The van der Waals surface area contributed by atoms with E-state index >= 15 is 0 Å². The Morgan fingerprint density at radius 1 is 1.10 bits per heavy atom. The van der Waals surface area contributed by atoms with Crippen LogP contribution < -0.4 is 10.1 Å². The van der Waals surface area contributed by atoms with Gasteiger partial charge in [0.05, 0.1) is 0 Å². The summed E-state index contributed by atoms with van der Waals surface area (Å²) in [4.78, 5) is 0. The molecular weight excluding hydrogens is 246 g/mol. The molecule has 1 aromatic rings. The first-order valence-corrected chi connectivity index (χ1v) is 7.79. The van der Waals surface area contributed by atoms with E-state index in [1.807, 2.05) is 19.1 Å². The fraction of sp³-hybridized carbons (Fsp3) is 0.556. The van der Waals surface area contributed by atoms with Crippen molar-refractivity contribution in [1.29, 1.82) is 0 Å². The van der Waals surface area contributed by atoms with Gasteiger partial charge in [0.25, 0.3) is 0 Å². The minimum Gasteiger partial charge on any atom is -0.489 e. The maximum Gasteiger partial charge on any atom is 0.119 e. The van der Waals surface area contributed by atoms with Gasteiger partial charge < -0.3 is 10.1 Å². The summed E-state index contributed by atoms with van der Waals surface area (Å²) in [5.41, 5.74) is 2.35. The molecule has 0 aliphatic heterocycles. The van der Waals surface area contributed by atoms with Crippen LogP contribution in [-0.4, -0.2) is 13.2 Å². The van der Waals surface area contributed by atoms with Crippen molar-refractivity contribution in [2.45, 2.75) is 52.5 Å². The van der Waals surface area contributed by atoms with E-state index in [1.54, 1.807) is 0 Å². The molecule has 2 heteroatoms. The number of ether oxygens (including phenoxy) is 1. The lowest BCUT2D eigenvalue weighted by Gasteiger charge is -2.08. The van der Waals surface area contributed by atoms with E-state index in [0.717, 1.165) is 24.4 Å². The number of rotatable bonds is 11. The Bertz CT molecular complexity index is 370. The van der Waals surface area contributed by atoms with Crippen LogP contribution in [0.3, 0.4) is 0 Å². The minimum absolute atomic E-state index is 0.593. The van der Waals surface area contributed by atoms with Crippen LogP contribution in [0.15, 0.2) is 36.4 Å². The van der Waals surface area contributed by atoms with Gasteiger partial charge in [0.15, 0.2) is 0 Å². The van der Waals surface area contributed by atoms with Gasteiger partial charge in [-0.05, 0) is 43.2 Å². The van der Waals surface area contributed by atoms with Crippen molar-refractivity contribution in [3.63, 3.8) is 0 Å². The van der Waals surface area contributed by atoms with Crippen molar-refractivity contribution in [3.05, 3.63) is 42.0 Å². The number of benzene rings is 1. The van der Waals surface area contributed by atoms with Gasteiger partial charge in [-0.15, -0.1) is 0 Å². The third kappa shape index (κ3) is 8.00. The van der Waals surface area contributed by atoms with E-state index in [-0.39, 0.29) is 0 Å². The normalized spacial score (nSPS) is 10.5. The molecule has 0 saturated carbocycles. The molecule has 1 rings (SSSR count). The average Bonchev–Trinajstić information content (AvgIpc) is 2.45. The fourth-order valence-corrected chi connectivity index (χ4v) is 2.00. The summed E-state index contributed by atoms with van der Waals surface area (Å²) in [5.74, 6) is 0.913. The predicted octanol–water partition coefficient (Wildman–Crippen LogP) is 4.70. The van der Waals surface area contributed by atoms with E-state index in [9.17, 15) is 0 Å². The largest absolute Gasteiger partial charge is 0.489 e. The number of hydrogen-bond acceptors (Lipinski definition) is 2. The standard InChI is InChI=1S/C18H29NO/c1-4-5-6-7-8-13-19-14-17-9-11-18(12-10-17)20-15-16(2)3/h9-12,19H,2,4-8,13-15H2,1,3H3. The van der Waals surface area contributed by atoms with Gasteiger partial charge in [-0.25, -0.2) is 0 Å². The summed E-state index contributed by atoms with van der Waals surface area (Å²) in [6.45, 7) is 10.7. The van der Waals surface area contributed by atoms with Crippen molar-refractivity contribution >= 4 is 0 Å². The maximum absolute atomic E-state index is 5.58. The van der Waals surface area contributed by atoms with Gasteiger partial charge in [-0.3, -0.25) is 0 Å². The van der Waals surface area contributed by atoms with Gasteiger partial charge in [0.1, 0.15) is 12.4 Å². The molecule has 20 heavy (non-hydrogen) atoms. The van der Waals surface area contributed by atoms with Gasteiger partial charge in [0, 0.05) is 6.54 Å². The zero-order valence-corrected chi connectivity index (χ0v) is 13.1. The second-order valence-electron chi connectivity index (χ2n) is 5.48. The van der Waals surface area contributed by atoms with Crippen LogP contribution in [0.5, 0.6) is 5.75 Å². The number of nitrogens with one attached hydrogen (secondary N) is 1. The molecule has 0 aromatic heterocycles. The monoisotopic (exact) mass is 275 g/mol. The van der Waals surface area contributed by atoms with Crippen molar-refractivity contribution < 1.29 is 4.74 Å². The second kappa shape index (κ2) is 10.5. The number of hydrogen-bond donors (Lipinski definition) is 1. The SMILES string of the molecule is C=C(C)COc1ccc(CNCCCCCCC)cc1. The molecule has 0 radical (unpaired) electrons. The Morgan fingerprint density at radius 2 is 1.80 bits per heavy atom. The molecule has 0 fully saturated rings. The lowest BCUT2D eigenvalue weighted by molar-refractivity contribution is 0.352. The zero-order valence-electron chi connectivity index (χ0n) is 13.1. The maximum atomic E-state index is 5.58. The van der Waals surface area contributed by atoms with Crippen LogP contribution >= 0.6 is 0 Å². The van der Waals surface area contributed by atoms with Gasteiger partial charge in [0.2, 0.25) is 0 Å². The zero-order chi connectivity index (χ0) is 14.6. The topological polar surface area (TPSA) is 21.3 Å². The van der Waals surface area contributed by atoms with Gasteiger partial charge >= 0.3 is 0 Å². The first kappa shape index (κ1) is 16.8. The number of unbranched alkanes of at least 4 members (excludes halogenated alkanes) is 4. The van der Waals surface area contributed by atoms with Crippen molar-refractivity contribution in [3.8, 4) is 5.75 Å². The molecule has 0 spiro atoms. The van der Waals surface area contributed by atoms with Crippen molar-refractivity contribution in [1.82, 2.24) is 5.32 Å². The quantitative estimate of drug-likeness (QED) is 0.467. The second-order valence-corrected chi connectivity index (χ2v) is 5.48. The van der Waals surface area contributed by atoms with E-state index in [1.165, 1.54) is 37.7 Å². The molecule has 0 aliphatic rings. The summed E-state index contributed by atoms with van der Waals surface area (Å²) in [6.07, 6.45) is 6.67. The van der Waals surface area contributed by atoms with Crippen molar-refractivity contribution in [2.24, 2.45) is 0 Å². The third-order valence-electron chi connectivity index (χ3n) is 3.19. The molecule has 0 bridgehead atoms. The van der Waals surface area contributed by atoms with Crippen LogP contribution in [0.25, 0.3) is 0 Å². The highest BCUT2D eigenvalue weighted by Crippen LogP contribution is 2.12. The summed E-state index contributed by atoms with van der Waals surface area (Å²) < 4.78 is 5.58. The van der Waals surface area contributed by atoms with E-state index in [4.69, 9.17) is 4.74 Å². The van der Waals surface area contributed by atoms with Crippen LogP contribution in [0, 0.1) is 0 Å². The molecule has 0 aliphatic carbocycles. The Hall–Kier alpha value is -1.28. The molecule has 0 atom stereocenters. The Kier molecular flexibility index (Phi) is 8.81. The summed E-state index contributed by atoms with van der Waals surface area (Å²) in [6, 6.07) is 8.30. The first-order valence-electron chi connectivity index (χ1n) is 7.79.